The van der Waals surface area contributed by atoms with E-state index >= 15 is 0 Å². The maximum atomic E-state index is 14.1. The number of halogens is 3. The van der Waals surface area contributed by atoms with Gasteiger partial charge in [0.25, 0.3) is 0 Å². The van der Waals surface area contributed by atoms with Crippen molar-refractivity contribution >= 4 is 64.2 Å². The highest BCUT2D eigenvalue weighted by Gasteiger charge is 2.52. The zero-order valence-corrected chi connectivity index (χ0v) is 23.7. The fourth-order valence-electron chi connectivity index (χ4n) is 3.89. The third-order valence-corrected chi connectivity index (χ3v) is 7.65. The molecule has 0 aliphatic carbocycles. The molecule has 208 valence electrons. The number of nitrogens with zero attached hydrogens (tertiary/aromatic N) is 4. The fraction of sp³-hybridized carbons (Fsp3) is 0.391. The SMILES string of the molecule is CC(=O)OCC1O[C@H](Sc2cc(Cl)c(F)c(Cl)c2)C(OC(C)=O)C(n2cc(-c3cscn3)nn2)[C@H]1OC(C)=O. The summed E-state index contributed by atoms with van der Waals surface area (Å²) >= 11 is 14.4. The summed E-state index contributed by atoms with van der Waals surface area (Å²) in [6.07, 6.45) is -1.72. The van der Waals surface area contributed by atoms with Crippen LogP contribution in [0.5, 0.6) is 0 Å². The van der Waals surface area contributed by atoms with Crippen LogP contribution < -0.4 is 0 Å². The molecule has 3 heterocycles. The van der Waals surface area contributed by atoms with E-state index in [1.165, 1.54) is 48.9 Å². The van der Waals surface area contributed by atoms with Crippen LogP contribution in [0.1, 0.15) is 26.8 Å². The van der Waals surface area contributed by atoms with Gasteiger partial charge in [-0.15, -0.1) is 16.4 Å². The van der Waals surface area contributed by atoms with Gasteiger partial charge in [0.1, 0.15) is 35.6 Å². The zero-order chi connectivity index (χ0) is 28.3. The molecule has 11 nitrogen and oxygen atoms in total. The van der Waals surface area contributed by atoms with Crippen LogP contribution in [-0.2, 0) is 33.3 Å². The van der Waals surface area contributed by atoms with Gasteiger partial charge in [-0.05, 0) is 12.1 Å². The molecular formula is C23H21Cl2FN4O7S2. The van der Waals surface area contributed by atoms with Crippen LogP contribution in [0.15, 0.2) is 34.1 Å². The second kappa shape index (κ2) is 12.6. The van der Waals surface area contributed by atoms with Crippen molar-refractivity contribution in [2.75, 3.05) is 6.61 Å². The Hall–Kier alpha value is -2.78. The Bertz CT molecular complexity index is 1340. The molecule has 3 unspecified atom stereocenters. The average molecular weight is 619 g/mol. The number of hydrogen-bond donors (Lipinski definition) is 0. The zero-order valence-electron chi connectivity index (χ0n) is 20.6. The second-order valence-corrected chi connectivity index (χ2v) is 11.0. The minimum absolute atomic E-state index is 0.222. The summed E-state index contributed by atoms with van der Waals surface area (Å²) in [7, 11) is 0. The molecule has 0 radical (unpaired) electrons. The summed E-state index contributed by atoms with van der Waals surface area (Å²) in [5, 5.41) is 9.70. The molecule has 2 aromatic heterocycles. The minimum atomic E-state index is -1.13. The summed E-state index contributed by atoms with van der Waals surface area (Å²) in [4.78, 5) is 40.7. The molecule has 1 fully saturated rings. The third kappa shape index (κ3) is 7.06. The Labute approximate surface area is 239 Å². The largest absolute Gasteiger partial charge is 0.463 e. The average Bonchev–Trinajstić information content (AvgIpc) is 3.55. The lowest BCUT2D eigenvalue weighted by Crippen LogP contribution is -2.57. The topological polar surface area (TPSA) is 132 Å². The van der Waals surface area contributed by atoms with Gasteiger partial charge in [0, 0.05) is 31.0 Å². The van der Waals surface area contributed by atoms with Gasteiger partial charge in [-0.3, -0.25) is 14.4 Å². The second-order valence-electron chi connectivity index (χ2n) is 8.26. The Kier molecular flexibility index (Phi) is 9.43. The van der Waals surface area contributed by atoms with Gasteiger partial charge in [0.15, 0.2) is 18.0 Å². The summed E-state index contributed by atoms with van der Waals surface area (Å²) in [5.74, 6) is -2.70. The van der Waals surface area contributed by atoms with E-state index in [0.717, 1.165) is 11.8 Å². The van der Waals surface area contributed by atoms with Gasteiger partial charge in [0.2, 0.25) is 0 Å². The van der Waals surface area contributed by atoms with Crippen molar-refractivity contribution in [3.05, 3.63) is 45.1 Å². The highest BCUT2D eigenvalue weighted by Crippen LogP contribution is 2.42. The maximum Gasteiger partial charge on any atom is 0.303 e. The summed E-state index contributed by atoms with van der Waals surface area (Å²) in [6, 6.07) is 1.69. The van der Waals surface area contributed by atoms with Crippen LogP contribution >= 0.6 is 46.3 Å². The maximum absolute atomic E-state index is 14.1. The van der Waals surface area contributed by atoms with Gasteiger partial charge >= 0.3 is 17.9 Å². The van der Waals surface area contributed by atoms with Crippen LogP contribution in [0.4, 0.5) is 4.39 Å². The molecule has 1 aliphatic heterocycles. The first-order chi connectivity index (χ1) is 18.5. The number of esters is 3. The van der Waals surface area contributed by atoms with Gasteiger partial charge in [-0.2, -0.15) is 0 Å². The first kappa shape index (κ1) is 29.2. The lowest BCUT2D eigenvalue weighted by Gasteiger charge is -2.44. The van der Waals surface area contributed by atoms with Crippen LogP contribution in [0.2, 0.25) is 10.0 Å². The normalized spacial score (nSPS) is 22.8. The molecule has 5 atom stereocenters. The quantitative estimate of drug-likeness (QED) is 0.203. The van der Waals surface area contributed by atoms with Crippen molar-refractivity contribution < 1.29 is 37.7 Å². The minimum Gasteiger partial charge on any atom is -0.463 e. The third-order valence-electron chi connectivity index (χ3n) is 5.39. The van der Waals surface area contributed by atoms with E-state index in [0.29, 0.717) is 16.3 Å². The van der Waals surface area contributed by atoms with E-state index in [-0.39, 0.29) is 16.7 Å². The predicted octanol–water partition coefficient (Wildman–Crippen LogP) is 4.33. The summed E-state index contributed by atoms with van der Waals surface area (Å²) in [5.41, 5.74) is 1.61. The molecule has 16 heteroatoms. The predicted molar refractivity (Wildman–Crippen MR) is 139 cm³/mol. The number of carbonyl (C=O) groups excluding carboxylic acids is 3. The van der Waals surface area contributed by atoms with Crippen LogP contribution in [0.25, 0.3) is 11.4 Å². The van der Waals surface area contributed by atoms with Gasteiger partial charge in [-0.1, -0.05) is 40.2 Å². The number of carbonyl (C=O) groups is 3. The smallest absolute Gasteiger partial charge is 0.303 e. The van der Waals surface area contributed by atoms with E-state index in [1.54, 1.807) is 17.1 Å². The molecule has 0 spiro atoms. The van der Waals surface area contributed by atoms with Gasteiger partial charge < -0.3 is 18.9 Å². The monoisotopic (exact) mass is 618 g/mol. The molecule has 0 saturated carbocycles. The van der Waals surface area contributed by atoms with E-state index in [2.05, 4.69) is 15.3 Å². The molecule has 0 N–H and O–H groups in total. The van der Waals surface area contributed by atoms with Crippen LogP contribution in [-0.4, -0.2) is 68.2 Å². The molecule has 3 aromatic rings. The van der Waals surface area contributed by atoms with Gasteiger partial charge in [0.05, 0.1) is 21.8 Å². The number of rotatable bonds is 8. The first-order valence-corrected chi connectivity index (χ1v) is 13.9. The standard InChI is InChI=1S/C23H21Cl2FN4O7S2/c1-10(31)34-7-18-21(35-11(2)32)20(30-6-16(28-29-30)17-8-38-9-27-17)22(36-12(3)33)23(37-18)39-13-4-14(24)19(26)15(25)5-13/h4-6,8-9,18,20-23H,7H2,1-3H3/t18?,20?,21-,22?,23+/m0/s1. The number of thioether (sulfide) groups is 1. The van der Waals surface area contributed by atoms with Crippen molar-refractivity contribution in [3.8, 4) is 11.4 Å². The molecule has 4 rings (SSSR count). The highest BCUT2D eigenvalue weighted by molar-refractivity contribution is 7.99. The summed E-state index contributed by atoms with van der Waals surface area (Å²) < 4.78 is 38.1. The Morgan fingerprint density at radius 1 is 1.08 bits per heavy atom. The van der Waals surface area contributed by atoms with E-state index < -0.39 is 53.5 Å². The number of hydrogen-bond acceptors (Lipinski definition) is 12. The van der Waals surface area contributed by atoms with E-state index in [4.69, 9.17) is 42.1 Å². The molecular weight excluding hydrogens is 598 g/mol. The number of thiazole rings is 1. The van der Waals surface area contributed by atoms with Crippen molar-refractivity contribution in [2.24, 2.45) is 0 Å². The van der Waals surface area contributed by atoms with Crippen LogP contribution in [0, 0.1) is 5.82 Å². The van der Waals surface area contributed by atoms with E-state index in [1.807, 2.05) is 0 Å². The van der Waals surface area contributed by atoms with Crippen molar-refractivity contribution in [1.82, 2.24) is 20.0 Å². The lowest BCUT2D eigenvalue weighted by atomic mass is 9.96. The molecule has 0 amide bonds. The molecule has 1 aliphatic rings. The first-order valence-electron chi connectivity index (χ1n) is 11.3. The van der Waals surface area contributed by atoms with E-state index in [9.17, 15) is 18.8 Å². The number of benzene rings is 1. The Balaban J connectivity index is 1.80. The summed E-state index contributed by atoms with van der Waals surface area (Å²) in [6.45, 7) is 3.33. The highest BCUT2D eigenvalue weighted by atomic mass is 35.5. The molecule has 39 heavy (non-hydrogen) atoms. The lowest BCUT2D eigenvalue weighted by molar-refractivity contribution is -0.212. The van der Waals surface area contributed by atoms with Crippen molar-refractivity contribution in [3.63, 3.8) is 0 Å². The Morgan fingerprint density at radius 3 is 2.33 bits per heavy atom. The van der Waals surface area contributed by atoms with Crippen LogP contribution in [0.3, 0.4) is 0 Å². The molecule has 1 aromatic carbocycles. The van der Waals surface area contributed by atoms with Crippen molar-refractivity contribution in [1.29, 1.82) is 0 Å². The molecule has 1 saturated heterocycles. The Morgan fingerprint density at radius 2 is 1.74 bits per heavy atom. The number of ether oxygens (including phenoxy) is 4. The molecule has 0 bridgehead atoms. The van der Waals surface area contributed by atoms with Gasteiger partial charge in [-0.25, -0.2) is 14.1 Å². The number of aromatic nitrogens is 4. The fourth-order valence-corrected chi connectivity index (χ4v) is 6.24. The van der Waals surface area contributed by atoms with Crippen molar-refractivity contribution in [2.45, 2.75) is 55.5 Å².